The number of nitrogens with two attached hydrogens (primary N) is 1. The molecule has 2 heterocycles. The van der Waals surface area contributed by atoms with Crippen LogP contribution in [0.1, 0.15) is 24.4 Å². The fraction of sp³-hybridized carbons (Fsp3) is 0.238. The lowest BCUT2D eigenvalue weighted by atomic mass is 10.1. The van der Waals surface area contributed by atoms with Crippen LogP contribution in [0.3, 0.4) is 0 Å². The molecule has 2 aromatic carbocycles. The Labute approximate surface area is 187 Å². The molecule has 9 nitrogen and oxygen atoms in total. The molecule has 2 N–H and O–H groups in total. The summed E-state index contributed by atoms with van der Waals surface area (Å²) in [4.78, 5) is 0.0311. The molecule has 1 aliphatic rings. The van der Waals surface area contributed by atoms with Crippen LogP contribution >= 0.6 is 0 Å². The molecule has 0 bridgehead atoms. The van der Waals surface area contributed by atoms with Crippen molar-refractivity contribution in [2.75, 3.05) is 13.1 Å². The quantitative estimate of drug-likeness (QED) is 0.585. The van der Waals surface area contributed by atoms with Crippen molar-refractivity contribution in [1.29, 1.82) is 0 Å². The molecule has 1 saturated heterocycles. The zero-order chi connectivity index (χ0) is 22.8. The van der Waals surface area contributed by atoms with Gasteiger partial charge in [-0.2, -0.15) is 4.31 Å². The first-order chi connectivity index (χ1) is 15.2. The number of benzene rings is 2. The van der Waals surface area contributed by atoms with Gasteiger partial charge in [0.1, 0.15) is 5.69 Å². The average molecular weight is 474 g/mol. The van der Waals surface area contributed by atoms with Crippen LogP contribution in [0, 0.1) is 0 Å². The lowest BCUT2D eigenvalue weighted by molar-refractivity contribution is 0.260. The van der Waals surface area contributed by atoms with E-state index in [2.05, 4.69) is 10.3 Å². The molecule has 32 heavy (non-hydrogen) atoms. The van der Waals surface area contributed by atoms with Crippen molar-refractivity contribution in [3.63, 3.8) is 0 Å². The Morgan fingerprint density at radius 2 is 1.59 bits per heavy atom. The highest BCUT2D eigenvalue weighted by atomic mass is 32.2. The molecular weight excluding hydrogens is 450 g/mol. The van der Waals surface area contributed by atoms with E-state index in [1.165, 1.54) is 21.8 Å². The van der Waals surface area contributed by atoms with Crippen LogP contribution in [-0.4, -0.2) is 49.2 Å². The van der Waals surface area contributed by atoms with Gasteiger partial charge in [-0.15, -0.1) is 5.10 Å². The third-order valence-electron chi connectivity index (χ3n) is 5.38. The molecule has 11 heteroatoms. The van der Waals surface area contributed by atoms with Gasteiger partial charge in [0.25, 0.3) is 0 Å². The van der Waals surface area contributed by atoms with E-state index in [0.717, 1.165) is 11.1 Å². The predicted octanol–water partition coefficient (Wildman–Crippen LogP) is 2.23. The second-order valence-electron chi connectivity index (χ2n) is 7.54. The number of hydrogen-bond donors (Lipinski definition) is 1. The molecule has 3 aromatic rings. The number of rotatable bonds is 6. The van der Waals surface area contributed by atoms with Gasteiger partial charge in [0.2, 0.25) is 20.0 Å². The lowest BCUT2D eigenvalue weighted by Crippen LogP contribution is -2.38. The molecule has 4 rings (SSSR count). The standard InChI is InChI=1S/C21H23N5O4S2/c22-32(29,30)20-8-6-18(7-9-20)21-16-26(24-23-21)19-10-13-25(14-11-19)31(27,28)15-12-17-4-2-1-3-5-17/h1-9,12,15-16,19H,10-11,13-14H2,(H2,22,29,30). The molecule has 0 amide bonds. The average Bonchev–Trinajstić information content (AvgIpc) is 3.28. The first-order valence-corrected chi connectivity index (χ1v) is 13.1. The van der Waals surface area contributed by atoms with Gasteiger partial charge in [-0.05, 0) is 36.6 Å². The molecular formula is C21H23N5O4S2. The number of hydrogen-bond acceptors (Lipinski definition) is 6. The zero-order valence-electron chi connectivity index (χ0n) is 17.1. The molecule has 168 valence electrons. The van der Waals surface area contributed by atoms with Gasteiger partial charge < -0.3 is 0 Å². The number of aromatic nitrogens is 3. The third kappa shape index (κ3) is 5.13. The van der Waals surface area contributed by atoms with Gasteiger partial charge >= 0.3 is 0 Å². The summed E-state index contributed by atoms with van der Waals surface area (Å²) in [5.74, 6) is 0. The van der Waals surface area contributed by atoms with E-state index in [-0.39, 0.29) is 10.9 Å². The summed E-state index contributed by atoms with van der Waals surface area (Å²) in [6.45, 7) is 0.786. The monoisotopic (exact) mass is 473 g/mol. The minimum atomic E-state index is -3.75. The number of nitrogens with zero attached hydrogens (tertiary/aromatic N) is 4. The Morgan fingerprint density at radius 1 is 0.938 bits per heavy atom. The molecule has 0 atom stereocenters. The van der Waals surface area contributed by atoms with Crippen LogP contribution < -0.4 is 5.14 Å². The van der Waals surface area contributed by atoms with E-state index >= 15 is 0 Å². The number of primary sulfonamides is 1. The summed E-state index contributed by atoms with van der Waals surface area (Å²) in [7, 11) is -7.24. The summed E-state index contributed by atoms with van der Waals surface area (Å²) >= 11 is 0. The van der Waals surface area contributed by atoms with Crippen LogP contribution in [0.4, 0.5) is 0 Å². The Balaban J connectivity index is 1.40. The summed E-state index contributed by atoms with van der Waals surface area (Å²) in [6.07, 6.45) is 4.62. The smallest absolute Gasteiger partial charge is 0.238 e. The van der Waals surface area contributed by atoms with Crippen LogP contribution in [0.2, 0.25) is 0 Å². The SMILES string of the molecule is NS(=O)(=O)c1ccc(-c2cn(C3CCN(S(=O)(=O)C=Cc4ccccc4)CC3)nn2)cc1. The van der Waals surface area contributed by atoms with Crippen LogP contribution in [0.15, 0.2) is 71.1 Å². The van der Waals surface area contributed by atoms with Crippen molar-refractivity contribution in [1.82, 2.24) is 19.3 Å². The molecule has 1 aromatic heterocycles. The van der Waals surface area contributed by atoms with Crippen molar-refractivity contribution in [2.45, 2.75) is 23.8 Å². The Morgan fingerprint density at radius 3 is 2.22 bits per heavy atom. The molecule has 0 aliphatic carbocycles. The Hall–Kier alpha value is -2.86. The maximum atomic E-state index is 12.6. The molecule has 1 fully saturated rings. The van der Waals surface area contributed by atoms with Gasteiger partial charge in [0.15, 0.2) is 0 Å². The second-order valence-corrected chi connectivity index (χ2v) is 10.9. The summed E-state index contributed by atoms with van der Waals surface area (Å²) < 4.78 is 51.3. The number of sulfonamides is 2. The molecule has 0 saturated carbocycles. The highest BCUT2D eigenvalue weighted by Gasteiger charge is 2.28. The van der Waals surface area contributed by atoms with Crippen molar-refractivity contribution in [3.05, 3.63) is 71.8 Å². The van der Waals surface area contributed by atoms with Gasteiger partial charge in [0, 0.05) is 24.1 Å². The van der Waals surface area contributed by atoms with E-state index in [9.17, 15) is 16.8 Å². The highest BCUT2D eigenvalue weighted by Crippen LogP contribution is 2.26. The van der Waals surface area contributed by atoms with E-state index < -0.39 is 20.0 Å². The van der Waals surface area contributed by atoms with Gasteiger partial charge in [0.05, 0.1) is 17.1 Å². The highest BCUT2D eigenvalue weighted by molar-refractivity contribution is 7.92. The first-order valence-electron chi connectivity index (χ1n) is 10.0. The maximum absolute atomic E-state index is 12.6. The predicted molar refractivity (Wildman–Crippen MR) is 121 cm³/mol. The van der Waals surface area contributed by atoms with Crippen LogP contribution in [0.5, 0.6) is 0 Å². The summed E-state index contributed by atoms with van der Waals surface area (Å²) in [6, 6.07) is 15.4. The van der Waals surface area contributed by atoms with Crippen molar-refractivity contribution >= 4 is 26.1 Å². The summed E-state index contributed by atoms with van der Waals surface area (Å²) in [5.41, 5.74) is 2.15. The van der Waals surface area contributed by atoms with Gasteiger partial charge in [-0.3, -0.25) is 0 Å². The maximum Gasteiger partial charge on any atom is 0.238 e. The minimum absolute atomic E-state index is 0.0311. The Bertz CT molecular complexity index is 1310. The van der Waals surface area contributed by atoms with E-state index in [1.807, 2.05) is 30.3 Å². The minimum Gasteiger partial charge on any atom is -0.249 e. The second kappa shape index (κ2) is 8.94. The van der Waals surface area contributed by atoms with Gasteiger partial charge in [-0.1, -0.05) is 47.7 Å². The van der Waals surface area contributed by atoms with Crippen molar-refractivity contribution in [2.24, 2.45) is 5.14 Å². The Kier molecular flexibility index (Phi) is 6.24. The molecule has 0 unspecified atom stereocenters. The van der Waals surface area contributed by atoms with Crippen LogP contribution in [0.25, 0.3) is 17.3 Å². The fourth-order valence-corrected chi connectivity index (χ4v) is 5.32. The van der Waals surface area contributed by atoms with E-state index in [4.69, 9.17) is 5.14 Å². The van der Waals surface area contributed by atoms with E-state index in [1.54, 1.807) is 29.1 Å². The zero-order valence-corrected chi connectivity index (χ0v) is 18.8. The third-order valence-corrected chi connectivity index (χ3v) is 7.87. The van der Waals surface area contributed by atoms with Crippen LogP contribution in [-0.2, 0) is 20.0 Å². The largest absolute Gasteiger partial charge is 0.249 e. The molecule has 1 aliphatic heterocycles. The first kappa shape index (κ1) is 22.3. The molecule has 0 spiro atoms. The fourth-order valence-electron chi connectivity index (χ4n) is 3.58. The van der Waals surface area contributed by atoms with Crippen molar-refractivity contribution in [3.8, 4) is 11.3 Å². The number of piperidine rings is 1. The van der Waals surface area contributed by atoms with Gasteiger partial charge in [-0.25, -0.2) is 26.7 Å². The van der Waals surface area contributed by atoms with Crippen molar-refractivity contribution < 1.29 is 16.8 Å². The van der Waals surface area contributed by atoms with E-state index in [0.29, 0.717) is 31.6 Å². The topological polar surface area (TPSA) is 128 Å². The summed E-state index contributed by atoms with van der Waals surface area (Å²) in [5, 5.41) is 14.7. The molecule has 0 radical (unpaired) electrons. The normalized spacial score (nSPS) is 16.5. The lowest BCUT2D eigenvalue weighted by Gasteiger charge is -2.30.